The zero-order valence-electron chi connectivity index (χ0n) is 15.6. The minimum absolute atomic E-state index is 0.0520. The van der Waals surface area contributed by atoms with Gasteiger partial charge in [0.15, 0.2) is 0 Å². The third-order valence-electron chi connectivity index (χ3n) is 4.73. The first kappa shape index (κ1) is 21.6. The molecule has 150 valence electrons. The second kappa shape index (κ2) is 9.45. The number of benzene rings is 2. The molecule has 0 saturated heterocycles. The minimum atomic E-state index is -1.83. The van der Waals surface area contributed by atoms with Gasteiger partial charge in [-0.15, -0.1) is 0 Å². The molecule has 28 heavy (non-hydrogen) atoms. The normalized spacial score (nSPS) is 15.4. The topological polar surface area (TPSA) is 127 Å². The fourth-order valence-electron chi connectivity index (χ4n) is 3.00. The monoisotopic (exact) mass is 387 g/mol. The number of carboxylic acid groups (broad SMARTS) is 2. The third-order valence-corrected chi connectivity index (χ3v) is 4.73. The lowest BCUT2D eigenvalue weighted by Crippen LogP contribution is -2.48. The van der Waals surface area contributed by atoms with Crippen LogP contribution in [0.3, 0.4) is 0 Å². The summed E-state index contributed by atoms with van der Waals surface area (Å²) in [6.45, 7) is 0.784. The Kier molecular flexibility index (Phi) is 7.28. The fourth-order valence-corrected chi connectivity index (χ4v) is 3.00. The lowest BCUT2D eigenvalue weighted by atomic mass is 9.82. The van der Waals surface area contributed by atoms with Gasteiger partial charge in [0, 0.05) is 6.04 Å². The summed E-state index contributed by atoms with van der Waals surface area (Å²) in [6, 6.07) is 16.7. The highest BCUT2D eigenvalue weighted by atomic mass is 16.4. The highest BCUT2D eigenvalue weighted by molar-refractivity contribution is 5.74. The molecule has 2 aromatic carbocycles. The largest absolute Gasteiger partial charge is 0.481 e. The van der Waals surface area contributed by atoms with Crippen LogP contribution in [0.5, 0.6) is 0 Å². The van der Waals surface area contributed by atoms with Crippen LogP contribution in [0.4, 0.5) is 0 Å². The second-order valence-electron chi connectivity index (χ2n) is 7.10. The molecule has 0 radical (unpaired) electrons. The van der Waals surface area contributed by atoms with Gasteiger partial charge in [-0.2, -0.15) is 0 Å². The Labute approximate surface area is 163 Å². The predicted molar refractivity (Wildman–Crippen MR) is 104 cm³/mol. The molecule has 7 heteroatoms. The van der Waals surface area contributed by atoms with Crippen LogP contribution in [0.25, 0.3) is 11.1 Å². The van der Waals surface area contributed by atoms with Crippen molar-refractivity contribution in [2.75, 3.05) is 6.61 Å². The molecule has 0 saturated carbocycles. The average molecular weight is 387 g/mol. The van der Waals surface area contributed by atoms with Crippen molar-refractivity contribution in [2.45, 2.75) is 32.0 Å². The Morgan fingerprint density at radius 1 is 1.00 bits per heavy atom. The fraction of sp³-hybridized carbons (Fsp3) is 0.333. The maximum absolute atomic E-state index is 11.5. The first-order valence-corrected chi connectivity index (χ1v) is 8.91. The quantitative estimate of drug-likeness (QED) is 0.393. The summed E-state index contributed by atoms with van der Waals surface area (Å²) in [6.07, 6.45) is -1.59. The summed E-state index contributed by atoms with van der Waals surface area (Å²) in [5.74, 6) is -2.64. The van der Waals surface area contributed by atoms with E-state index in [4.69, 9.17) is 5.11 Å². The van der Waals surface area contributed by atoms with Crippen LogP contribution in [-0.4, -0.2) is 51.2 Å². The Bertz CT molecular complexity index is 792. The lowest BCUT2D eigenvalue weighted by Gasteiger charge is -2.29. The molecule has 0 aromatic heterocycles. The Balaban J connectivity index is 2.19. The standard InChI is InChI=1S/C21H25NO6/c1-21(13-23,20(27)28)12-17(22-18(24)19(25)26)11-14-7-9-16(10-8-14)15-5-3-2-4-6-15/h2-10,17-18,22-24H,11-13H2,1H3,(H,25,26)(H,27,28). The van der Waals surface area contributed by atoms with Gasteiger partial charge in [-0.05, 0) is 36.5 Å². The molecule has 2 rings (SSSR count). The van der Waals surface area contributed by atoms with Crippen molar-refractivity contribution in [1.29, 1.82) is 0 Å². The molecule has 0 aliphatic heterocycles. The summed E-state index contributed by atoms with van der Waals surface area (Å²) in [4.78, 5) is 22.5. The lowest BCUT2D eigenvalue weighted by molar-refractivity contribution is -0.152. The van der Waals surface area contributed by atoms with E-state index in [1.165, 1.54) is 6.92 Å². The number of rotatable bonds is 10. The number of nitrogens with one attached hydrogen (secondary N) is 1. The maximum atomic E-state index is 11.5. The zero-order valence-corrected chi connectivity index (χ0v) is 15.6. The van der Waals surface area contributed by atoms with Crippen LogP contribution in [0.1, 0.15) is 18.9 Å². The SMILES string of the molecule is CC(CO)(CC(Cc1ccc(-c2ccccc2)cc1)NC(O)C(=O)O)C(=O)O. The van der Waals surface area contributed by atoms with Gasteiger partial charge in [-0.3, -0.25) is 10.1 Å². The van der Waals surface area contributed by atoms with Crippen molar-refractivity contribution < 1.29 is 30.0 Å². The number of hydrogen-bond acceptors (Lipinski definition) is 5. The molecule has 0 bridgehead atoms. The Morgan fingerprint density at radius 3 is 2.07 bits per heavy atom. The molecule has 0 fully saturated rings. The van der Waals surface area contributed by atoms with Crippen molar-refractivity contribution in [3.63, 3.8) is 0 Å². The summed E-state index contributed by atoms with van der Waals surface area (Å²) in [7, 11) is 0. The van der Waals surface area contributed by atoms with E-state index < -0.39 is 36.2 Å². The molecule has 5 N–H and O–H groups in total. The predicted octanol–water partition coefficient (Wildman–Crippen LogP) is 1.73. The Morgan fingerprint density at radius 2 is 1.57 bits per heavy atom. The van der Waals surface area contributed by atoms with Gasteiger partial charge in [0.25, 0.3) is 0 Å². The molecule has 0 aliphatic rings. The van der Waals surface area contributed by atoms with Gasteiger partial charge in [-0.25, -0.2) is 4.79 Å². The van der Waals surface area contributed by atoms with Crippen molar-refractivity contribution in [1.82, 2.24) is 5.32 Å². The number of aliphatic carboxylic acids is 2. The average Bonchev–Trinajstić information content (AvgIpc) is 2.68. The van der Waals surface area contributed by atoms with E-state index in [1.807, 2.05) is 54.6 Å². The first-order chi connectivity index (χ1) is 13.2. The summed E-state index contributed by atoms with van der Waals surface area (Å²) in [5.41, 5.74) is 1.47. The minimum Gasteiger partial charge on any atom is -0.481 e. The molecule has 0 aliphatic carbocycles. The van der Waals surface area contributed by atoms with Gasteiger partial charge in [-0.1, -0.05) is 54.6 Å². The molecule has 0 heterocycles. The van der Waals surface area contributed by atoms with Crippen LogP contribution in [0.15, 0.2) is 54.6 Å². The summed E-state index contributed by atoms with van der Waals surface area (Å²) in [5, 5.41) is 40.0. The molecular formula is C21H25NO6. The second-order valence-corrected chi connectivity index (χ2v) is 7.10. The van der Waals surface area contributed by atoms with Gasteiger partial charge >= 0.3 is 11.9 Å². The van der Waals surface area contributed by atoms with Crippen LogP contribution in [-0.2, 0) is 16.0 Å². The van der Waals surface area contributed by atoms with Gasteiger partial charge in [0.2, 0.25) is 6.23 Å². The number of carboxylic acids is 2. The molecule has 2 aromatic rings. The number of carbonyl (C=O) groups is 2. The van der Waals surface area contributed by atoms with E-state index in [0.717, 1.165) is 16.7 Å². The van der Waals surface area contributed by atoms with Gasteiger partial charge in [0.05, 0.1) is 12.0 Å². The molecule has 0 spiro atoms. The highest BCUT2D eigenvalue weighted by Crippen LogP contribution is 2.26. The van der Waals surface area contributed by atoms with E-state index in [-0.39, 0.29) is 6.42 Å². The van der Waals surface area contributed by atoms with Crippen LogP contribution in [0, 0.1) is 5.41 Å². The van der Waals surface area contributed by atoms with Gasteiger partial charge in [0.1, 0.15) is 0 Å². The number of aliphatic hydroxyl groups excluding tert-OH is 2. The summed E-state index contributed by atoms with van der Waals surface area (Å²) >= 11 is 0. The third kappa shape index (κ3) is 5.63. The number of aliphatic hydroxyl groups is 2. The molecule has 0 amide bonds. The smallest absolute Gasteiger partial charge is 0.347 e. The van der Waals surface area contributed by atoms with Gasteiger partial charge < -0.3 is 20.4 Å². The van der Waals surface area contributed by atoms with Crippen LogP contribution in [0.2, 0.25) is 0 Å². The molecule has 3 atom stereocenters. The van der Waals surface area contributed by atoms with Crippen molar-refractivity contribution in [2.24, 2.45) is 5.41 Å². The highest BCUT2D eigenvalue weighted by Gasteiger charge is 2.36. The zero-order chi connectivity index (χ0) is 20.7. The summed E-state index contributed by atoms with van der Waals surface area (Å²) < 4.78 is 0. The van der Waals surface area contributed by atoms with Crippen molar-refractivity contribution in [3.05, 3.63) is 60.2 Å². The van der Waals surface area contributed by atoms with Crippen LogP contribution >= 0.6 is 0 Å². The molecule has 3 unspecified atom stereocenters. The first-order valence-electron chi connectivity index (χ1n) is 8.91. The van der Waals surface area contributed by atoms with E-state index in [1.54, 1.807) is 0 Å². The van der Waals surface area contributed by atoms with E-state index in [9.17, 15) is 24.9 Å². The van der Waals surface area contributed by atoms with E-state index in [0.29, 0.717) is 6.42 Å². The van der Waals surface area contributed by atoms with Crippen molar-refractivity contribution >= 4 is 11.9 Å². The van der Waals surface area contributed by atoms with Crippen LogP contribution < -0.4 is 5.32 Å². The van der Waals surface area contributed by atoms with E-state index in [2.05, 4.69) is 5.32 Å². The van der Waals surface area contributed by atoms with Crippen molar-refractivity contribution in [3.8, 4) is 11.1 Å². The number of hydrogen-bond donors (Lipinski definition) is 5. The molecule has 7 nitrogen and oxygen atoms in total. The molecular weight excluding hydrogens is 362 g/mol. The maximum Gasteiger partial charge on any atom is 0.347 e. The van der Waals surface area contributed by atoms with E-state index >= 15 is 0 Å². The Hall–Kier alpha value is -2.74.